The summed E-state index contributed by atoms with van der Waals surface area (Å²) in [5, 5.41) is 7.18. The summed E-state index contributed by atoms with van der Waals surface area (Å²) in [6, 6.07) is 3.97. The Morgan fingerprint density at radius 3 is 3.09 bits per heavy atom. The van der Waals surface area contributed by atoms with Gasteiger partial charge in [-0.25, -0.2) is 9.97 Å². The van der Waals surface area contributed by atoms with Crippen LogP contribution in [0.25, 0.3) is 10.2 Å². The maximum Gasteiger partial charge on any atom is 0.230 e. The first-order valence-electron chi connectivity index (χ1n) is 6.46. The fourth-order valence-corrected chi connectivity index (χ4v) is 4.71. The highest BCUT2D eigenvalue weighted by Gasteiger charge is 2.14. The number of halogens is 1. The van der Waals surface area contributed by atoms with Gasteiger partial charge in [0.15, 0.2) is 0 Å². The average molecular weight is 370 g/mol. The fourth-order valence-electron chi connectivity index (χ4n) is 1.88. The number of fused-ring (bicyclic) bond motifs is 1. The first kappa shape index (κ1) is 15.7. The van der Waals surface area contributed by atoms with E-state index in [9.17, 15) is 4.79 Å². The molecule has 22 heavy (non-hydrogen) atoms. The highest BCUT2D eigenvalue weighted by atomic mass is 35.5. The predicted molar refractivity (Wildman–Crippen MR) is 94.1 cm³/mol. The van der Waals surface area contributed by atoms with Crippen molar-refractivity contribution in [2.75, 3.05) is 5.75 Å². The third kappa shape index (κ3) is 3.43. The molecule has 0 unspecified atom stereocenters. The highest BCUT2D eigenvalue weighted by molar-refractivity contribution is 8.00. The summed E-state index contributed by atoms with van der Waals surface area (Å²) >= 11 is 10.9. The number of rotatable bonds is 5. The van der Waals surface area contributed by atoms with E-state index in [-0.39, 0.29) is 5.91 Å². The molecule has 3 heterocycles. The molecule has 4 nitrogen and oxygen atoms in total. The van der Waals surface area contributed by atoms with Crippen molar-refractivity contribution in [2.24, 2.45) is 0 Å². The molecular formula is C14H12ClN3OS3. The van der Waals surface area contributed by atoms with Gasteiger partial charge in [0.2, 0.25) is 5.91 Å². The first-order valence-corrected chi connectivity index (χ1v) is 9.52. The number of nitrogens with one attached hydrogen (secondary N) is 1. The molecule has 0 saturated carbocycles. The van der Waals surface area contributed by atoms with Crippen molar-refractivity contribution < 1.29 is 4.79 Å². The predicted octanol–water partition coefficient (Wildman–Crippen LogP) is 4.12. The molecule has 0 spiro atoms. The Morgan fingerprint density at radius 2 is 2.32 bits per heavy atom. The van der Waals surface area contributed by atoms with E-state index < -0.39 is 0 Å². The van der Waals surface area contributed by atoms with Crippen LogP contribution in [0.15, 0.2) is 28.9 Å². The molecule has 3 aromatic rings. The van der Waals surface area contributed by atoms with Gasteiger partial charge >= 0.3 is 0 Å². The van der Waals surface area contributed by atoms with Crippen LogP contribution < -0.4 is 5.32 Å². The molecule has 0 aliphatic carbocycles. The number of amides is 1. The summed E-state index contributed by atoms with van der Waals surface area (Å²) in [5.41, 5.74) is 0. The zero-order chi connectivity index (χ0) is 15.5. The van der Waals surface area contributed by atoms with Crippen LogP contribution in [0.1, 0.15) is 9.75 Å². The zero-order valence-electron chi connectivity index (χ0n) is 11.6. The molecule has 114 valence electrons. The second-order valence-corrected chi connectivity index (χ2v) is 8.05. The Balaban J connectivity index is 1.65. The van der Waals surface area contributed by atoms with Crippen molar-refractivity contribution in [3.8, 4) is 0 Å². The van der Waals surface area contributed by atoms with Crippen LogP contribution >= 0.6 is 46.0 Å². The van der Waals surface area contributed by atoms with Crippen molar-refractivity contribution >= 4 is 62.2 Å². The van der Waals surface area contributed by atoms with E-state index in [4.69, 9.17) is 11.6 Å². The van der Waals surface area contributed by atoms with Crippen LogP contribution in [0.3, 0.4) is 0 Å². The van der Waals surface area contributed by atoms with E-state index in [1.807, 2.05) is 24.4 Å². The van der Waals surface area contributed by atoms with Gasteiger partial charge in [0, 0.05) is 9.75 Å². The minimum atomic E-state index is -0.0202. The molecule has 0 aliphatic heterocycles. The van der Waals surface area contributed by atoms with E-state index in [1.165, 1.54) is 18.1 Å². The van der Waals surface area contributed by atoms with Gasteiger partial charge in [-0.05, 0) is 18.4 Å². The first-order chi connectivity index (χ1) is 10.6. The van der Waals surface area contributed by atoms with Gasteiger partial charge in [-0.1, -0.05) is 29.4 Å². The largest absolute Gasteiger partial charge is 0.350 e. The van der Waals surface area contributed by atoms with E-state index in [1.54, 1.807) is 22.7 Å². The summed E-state index contributed by atoms with van der Waals surface area (Å²) in [7, 11) is 0. The Morgan fingerprint density at radius 1 is 1.45 bits per heavy atom. The molecule has 3 rings (SSSR count). The lowest BCUT2D eigenvalue weighted by molar-refractivity contribution is -0.118. The number of aryl methyl sites for hydroxylation is 1. The molecule has 1 amide bonds. The Bertz CT molecular complexity index is 801. The number of thiophene rings is 2. The second-order valence-electron chi connectivity index (χ2n) is 4.48. The Hall–Kier alpha value is -1.15. The smallest absolute Gasteiger partial charge is 0.230 e. The summed E-state index contributed by atoms with van der Waals surface area (Å²) in [4.78, 5) is 23.4. The van der Waals surface area contributed by atoms with Crippen molar-refractivity contribution in [1.82, 2.24) is 15.3 Å². The average Bonchev–Trinajstić information content (AvgIpc) is 3.12. The maximum absolute atomic E-state index is 11.9. The summed E-state index contributed by atoms with van der Waals surface area (Å²) in [6.45, 7) is 2.52. The third-order valence-electron chi connectivity index (χ3n) is 2.94. The minimum Gasteiger partial charge on any atom is -0.350 e. The summed E-state index contributed by atoms with van der Waals surface area (Å²) in [6.07, 6.45) is 1.51. The van der Waals surface area contributed by atoms with Gasteiger partial charge in [0.1, 0.15) is 16.2 Å². The van der Waals surface area contributed by atoms with Crippen molar-refractivity contribution in [3.05, 3.63) is 38.6 Å². The molecule has 0 fully saturated rings. The number of hydrogen-bond donors (Lipinski definition) is 1. The van der Waals surface area contributed by atoms with Crippen LogP contribution in [0.5, 0.6) is 0 Å². The molecule has 0 radical (unpaired) electrons. The quantitative estimate of drug-likeness (QED) is 0.542. The molecule has 0 aromatic carbocycles. The summed E-state index contributed by atoms with van der Waals surface area (Å²) < 4.78 is 0. The topological polar surface area (TPSA) is 54.9 Å². The molecule has 3 aromatic heterocycles. The van der Waals surface area contributed by atoms with E-state index in [0.29, 0.717) is 17.3 Å². The maximum atomic E-state index is 11.9. The van der Waals surface area contributed by atoms with Crippen molar-refractivity contribution in [3.63, 3.8) is 0 Å². The van der Waals surface area contributed by atoms with Gasteiger partial charge in [-0.3, -0.25) is 4.79 Å². The Kier molecular flexibility index (Phi) is 4.97. The number of nitrogens with zero attached hydrogens (tertiary/aromatic N) is 2. The minimum absolute atomic E-state index is 0.0202. The monoisotopic (exact) mass is 369 g/mol. The van der Waals surface area contributed by atoms with Crippen LogP contribution in [0.4, 0.5) is 0 Å². The van der Waals surface area contributed by atoms with Gasteiger partial charge in [0.05, 0.1) is 22.7 Å². The molecule has 0 saturated heterocycles. The zero-order valence-corrected chi connectivity index (χ0v) is 14.8. The molecule has 0 aliphatic rings. The van der Waals surface area contributed by atoms with Crippen molar-refractivity contribution in [2.45, 2.75) is 18.5 Å². The standard InChI is InChI=1S/C14H12ClN3OS3/c1-8-12(15)11-13(17-7-18-14(11)22-8)21-6-10(19)16-5-9-3-2-4-20-9/h2-4,7H,5-6H2,1H3,(H,16,19). The number of carbonyl (C=O) groups excluding carboxylic acids is 1. The van der Waals surface area contributed by atoms with Crippen LogP contribution in [0, 0.1) is 6.92 Å². The molecular weight excluding hydrogens is 358 g/mol. The third-order valence-corrected chi connectivity index (χ3v) is 6.40. The number of carbonyl (C=O) groups is 1. The SMILES string of the molecule is Cc1sc2ncnc(SCC(=O)NCc3cccs3)c2c1Cl. The lowest BCUT2D eigenvalue weighted by Gasteiger charge is -2.04. The van der Waals surface area contributed by atoms with Crippen LogP contribution in [-0.2, 0) is 11.3 Å². The normalized spacial score (nSPS) is 11.0. The van der Waals surface area contributed by atoms with Gasteiger partial charge in [0.25, 0.3) is 0 Å². The number of hydrogen-bond acceptors (Lipinski definition) is 6. The highest BCUT2D eigenvalue weighted by Crippen LogP contribution is 2.38. The van der Waals surface area contributed by atoms with Gasteiger partial charge in [-0.2, -0.15) is 0 Å². The fraction of sp³-hybridized carbons (Fsp3) is 0.214. The van der Waals surface area contributed by atoms with Gasteiger partial charge < -0.3 is 5.32 Å². The Labute approximate surface area is 144 Å². The van der Waals surface area contributed by atoms with E-state index in [2.05, 4.69) is 15.3 Å². The number of aromatic nitrogens is 2. The van der Waals surface area contributed by atoms with Crippen molar-refractivity contribution in [1.29, 1.82) is 0 Å². The molecule has 1 N–H and O–H groups in total. The molecule has 0 bridgehead atoms. The van der Waals surface area contributed by atoms with Crippen LogP contribution in [0.2, 0.25) is 5.02 Å². The summed E-state index contributed by atoms with van der Waals surface area (Å²) in [5.74, 6) is 0.288. The van der Waals surface area contributed by atoms with Crippen LogP contribution in [-0.4, -0.2) is 21.6 Å². The lowest BCUT2D eigenvalue weighted by atomic mass is 10.4. The molecule has 0 atom stereocenters. The number of thioether (sulfide) groups is 1. The lowest BCUT2D eigenvalue weighted by Crippen LogP contribution is -2.24. The van der Waals surface area contributed by atoms with Gasteiger partial charge in [-0.15, -0.1) is 22.7 Å². The van der Waals surface area contributed by atoms with E-state index in [0.717, 1.165) is 25.0 Å². The molecule has 8 heteroatoms. The van der Waals surface area contributed by atoms with E-state index >= 15 is 0 Å². The second kappa shape index (κ2) is 6.95.